The Bertz CT molecular complexity index is 1280. The van der Waals surface area contributed by atoms with Gasteiger partial charge in [0.1, 0.15) is 12.4 Å². The molecule has 4 aliphatic carbocycles. The van der Waals surface area contributed by atoms with E-state index in [1.165, 1.54) is 12.0 Å². The first-order valence-electron chi connectivity index (χ1n) is 17.1. The van der Waals surface area contributed by atoms with E-state index in [4.69, 9.17) is 9.47 Å². The monoisotopic (exact) mass is 589 g/mol. The summed E-state index contributed by atoms with van der Waals surface area (Å²) in [6.45, 7) is 10.4. The molecule has 234 valence electrons. The van der Waals surface area contributed by atoms with Crippen LogP contribution in [0, 0.1) is 46.8 Å². The van der Waals surface area contributed by atoms with E-state index in [0.717, 1.165) is 57.1 Å². The molecule has 1 N–H and O–H groups in total. The van der Waals surface area contributed by atoms with Gasteiger partial charge in [-0.05, 0) is 98.9 Å². The summed E-state index contributed by atoms with van der Waals surface area (Å²) in [4.78, 5) is 28.3. The van der Waals surface area contributed by atoms with E-state index in [2.05, 4.69) is 27.7 Å². The number of ketones is 1. The Balaban J connectivity index is 1.11. The summed E-state index contributed by atoms with van der Waals surface area (Å²) in [5.74, 6) is 2.93. The largest absolute Gasteiger partial charge is 0.445 e. The Morgan fingerprint density at radius 2 is 1.91 bits per heavy atom. The Morgan fingerprint density at radius 3 is 2.67 bits per heavy atom. The summed E-state index contributed by atoms with van der Waals surface area (Å²) < 4.78 is 13.0. The average molecular weight is 590 g/mol. The van der Waals surface area contributed by atoms with Gasteiger partial charge in [0.25, 0.3) is 0 Å². The number of benzene rings is 1. The van der Waals surface area contributed by atoms with Crippen molar-refractivity contribution >= 4 is 11.9 Å². The summed E-state index contributed by atoms with van der Waals surface area (Å²) >= 11 is 0. The molecule has 0 aromatic heterocycles. The minimum Gasteiger partial charge on any atom is -0.445 e. The highest BCUT2D eigenvalue weighted by molar-refractivity contribution is 5.82. The predicted molar refractivity (Wildman–Crippen MR) is 165 cm³/mol. The molecule has 2 unspecified atom stereocenters. The van der Waals surface area contributed by atoms with Crippen LogP contribution in [0.1, 0.15) is 91.0 Å². The fourth-order valence-corrected chi connectivity index (χ4v) is 11.4. The SMILES string of the molecule is CC1=C2C[C@H]3[C@@H](CC[C@@H]4C(CO)C(=O)CC[C@@]43C)[C@@H]2CCC2(C1)O[C@@H]1C[C@H](C)CN(C(=O)OCc3ccccc3)[C@H]1[C@H]2C. The van der Waals surface area contributed by atoms with Crippen molar-refractivity contribution in [2.45, 2.75) is 110 Å². The molecule has 1 amide bonds. The first-order chi connectivity index (χ1) is 20.6. The number of ether oxygens (including phenoxy) is 2. The normalized spacial score (nSPS) is 44.0. The van der Waals surface area contributed by atoms with Gasteiger partial charge in [-0.1, -0.05) is 62.2 Å². The maximum atomic E-state index is 13.5. The fraction of sp³-hybridized carbons (Fsp3) is 0.730. The zero-order chi connectivity index (χ0) is 30.1. The molecule has 0 bridgehead atoms. The molecule has 1 aromatic rings. The number of Topliss-reactive ketones (excluding diaryl/α,β-unsaturated/α-hetero) is 1. The number of hydrogen-bond donors (Lipinski definition) is 1. The van der Waals surface area contributed by atoms with Crippen LogP contribution in [0.5, 0.6) is 0 Å². The van der Waals surface area contributed by atoms with Crippen LogP contribution in [-0.4, -0.2) is 52.8 Å². The second-order valence-electron chi connectivity index (χ2n) is 15.6. The minimum absolute atomic E-state index is 0.0111. The van der Waals surface area contributed by atoms with Crippen molar-refractivity contribution in [1.82, 2.24) is 4.90 Å². The van der Waals surface area contributed by atoms with Gasteiger partial charge in [0, 0.05) is 24.8 Å². The van der Waals surface area contributed by atoms with Crippen LogP contribution >= 0.6 is 0 Å². The van der Waals surface area contributed by atoms with Crippen molar-refractivity contribution in [3.05, 3.63) is 47.0 Å². The Morgan fingerprint density at radius 1 is 1.12 bits per heavy atom. The number of aliphatic hydroxyl groups is 1. The van der Waals surface area contributed by atoms with Crippen molar-refractivity contribution in [1.29, 1.82) is 0 Å². The van der Waals surface area contributed by atoms with Gasteiger partial charge in [-0.3, -0.25) is 4.79 Å². The molecule has 3 saturated carbocycles. The number of rotatable bonds is 3. The molecular weight excluding hydrogens is 538 g/mol. The molecule has 2 saturated heterocycles. The third-order valence-electron chi connectivity index (χ3n) is 13.5. The van der Waals surface area contributed by atoms with Gasteiger partial charge in [-0.2, -0.15) is 0 Å². The first kappa shape index (κ1) is 29.5. The maximum Gasteiger partial charge on any atom is 0.410 e. The summed E-state index contributed by atoms with van der Waals surface area (Å²) in [6, 6.07) is 9.99. The predicted octanol–water partition coefficient (Wildman–Crippen LogP) is 6.95. The zero-order valence-corrected chi connectivity index (χ0v) is 26.6. The highest BCUT2D eigenvalue weighted by Gasteiger charge is 2.61. The van der Waals surface area contributed by atoms with Crippen LogP contribution in [-0.2, 0) is 20.9 Å². The van der Waals surface area contributed by atoms with Crippen LogP contribution in [0.3, 0.4) is 0 Å². The van der Waals surface area contributed by atoms with Crippen LogP contribution in [0.4, 0.5) is 4.79 Å². The van der Waals surface area contributed by atoms with Crippen LogP contribution in [0.25, 0.3) is 0 Å². The molecule has 2 heterocycles. The maximum absolute atomic E-state index is 13.5. The standard InChI is InChI=1S/C37H51NO5/c1-22-16-33-34(38(19-22)35(41)42-21-25-8-6-5-7-9-25)24(3)37(43-33)15-12-26-27-10-11-30-29(20-39)32(40)13-14-36(30,4)31(27)17-28(26)23(2)18-37/h5-9,22,24,26-27,29-31,33-34,39H,10-21H2,1-4H3/t22-,24+,26-,27-,29?,30+,31-,33+,34-,36-,37?/m0/s1. The van der Waals surface area contributed by atoms with Crippen molar-refractivity contribution in [3.8, 4) is 0 Å². The van der Waals surface area contributed by atoms with Crippen molar-refractivity contribution in [2.24, 2.45) is 46.8 Å². The molecule has 11 atom stereocenters. The topological polar surface area (TPSA) is 76.1 Å². The van der Waals surface area contributed by atoms with E-state index in [1.54, 1.807) is 5.57 Å². The van der Waals surface area contributed by atoms with Crippen molar-refractivity contribution in [3.63, 3.8) is 0 Å². The molecule has 1 aromatic carbocycles. The van der Waals surface area contributed by atoms with Gasteiger partial charge in [0.05, 0.1) is 24.4 Å². The highest BCUT2D eigenvalue weighted by atomic mass is 16.6. The van der Waals surface area contributed by atoms with E-state index in [1.807, 2.05) is 35.2 Å². The van der Waals surface area contributed by atoms with Crippen molar-refractivity contribution in [2.75, 3.05) is 13.2 Å². The molecule has 0 radical (unpaired) electrons. The molecule has 1 spiro atoms. The van der Waals surface area contributed by atoms with Gasteiger partial charge in [-0.25, -0.2) is 4.79 Å². The number of carbonyl (C=O) groups excluding carboxylic acids is 2. The summed E-state index contributed by atoms with van der Waals surface area (Å²) in [7, 11) is 0. The number of amides is 1. The lowest BCUT2D eigenvalue weighted by Gasteiger charge is -2.54. The summed E-state index contributed by atoms with van der Waals surface area (Å²) in [6.07, 6.45) is 8.96. The van der Waals surface area contributed by atoms with Gasteiger partial charge in [0.2, 0.25) is 0 Å². The second kappa shape index (κ2) is 11.0. The third kappa shape index (κ3) is 4.72. The lowest BCUT2D eigenvalue weighted by molar-refractivity contribution is -0.142. The number of carbonyl (C=O) groups is 2. The van der Waals surface area contributed by atoms with Gasteiger partial charge >= 0.3 is 6.09 Å². The Hall–Kier alpha value is -2.18. The third-order valence-corrected chi connectivity index (χ3v) is 13.5. The van der Waals surface area contributed by atoms with E-state index >= 15 is 0 Å². The van der Waals surface area contributed by atoms with Gasteiger partial charge < -0.3 is 19.5 Å². The van der Waals surface area contributed by atoms with E-state index in [-0.39, 0.29) is 53.5 Å². The average Bonchev–Trinajstić information content (AvgIpc) is 3.46. The van der Waals surface area contributed by atoms with Crippen LogP contribution < -0.4 is 0 Å². The molecular formula is C37H51NO5. The molecule has 7 rings (SSSR count). The zero-order valence-electron chi connectivity index (χ0n) is 26.6. The summed E-state index contributed by atoms with van der Waals surface area (Å²) in [5, 5.41) is 10.1. The lowest BCUT2D eigenvalue weighted by Crippen LogP contribution is -2.54. The second-order valence-corrected chi connectivity index (χ2v) is 15.6. The quantitative estimate of drug-likeness (QED) is 0.386. The van der Waals surface area contributed by atoms with Gasteiger partial charge in [0.15, 0.2) is 0 Å². The van der Waals surface area contributed by atoms with E-state index < -0.39 is 0 Å². The number of allylic oxidation sites excluding steroid dienone is 1. The number of hydrogen-bond acceptors (Lipinski definition) is 5. The number of likely N-dealkylation sites (tertiary alicyclic amines) is 1. The van der Waals surface area contributed by atoms with Crippen LogP contribution in [0.15, 0.2) is 41.5 Å². The Kier molecular flexibility index (Phi) is 7.56. The van der Waals surface area contributed by atoms with Crippen molar-refractivity contribution < 1.29 is 24.2 Å². The highest BCUT2D eigenvalue weighted by Crippen LogP contribution is 2.65. The van der Waals surface area contributed by atoms with E-state index in [9.17, 15) is 14.7 Å². The molecule has 43 heavy (non-hydrogen) atoms. The van der Waals surface area contributed by atoms with Crippen LogP contribution in [0.2, 0.25) is 0 Å². The smallest absolute Gasteiger partial charge is 0.410 e. The Labute approximate surface area is 257 Å². The number of piperidine rings is 1. The minimum atomic E-state index is -0.241. The number of aliphatic hydroxyl groups excluding tert-OH is 1. The first-order valence-corrected chi connectivity index (χ1v) is 17.1. The number of nitrogens with zero attached hydrogens (tertiary/aromatic N) is 1. The summed E-state index contributed by atoms with van der Waals surface area (Å²) in [5.41, 5.74) is 4.10. The molecule has 6 aliphatic rings. The number of fused-ring (bicyclic) bond motifs is 6. The molecule has 5 fully saturated rings. The fourth-order valence-electron chi connectivity index (χ4n) is 11.4. The van der Waals surface area contributed by atoms with E-state index in [0.29, 0.717) is 42.6 Å². The van der Waals surface area contributed by atoms with Gasteiger partial charge in [-0.15, -0.1) is 0 Å². The lowest BCUT2D eigenvalue weighted by atomic mass is 9.50. The molecule has 2 aliphatic heterocycles. The molecule has 6 heteroatoms. The molecule has 6 nitrogen and oxygen atoms in total.